The first kappa shape index (κ1) is 33.2. The average molecular weight is 751 g/mol. The van der Waals surface area contributed by atoms with Crippen LogP contribution in [-0.2, 0) is 0 Å². The summed E-state index contributed by atoms with van der Waals surface area (Å²) < 4.78 is 11.1. The number of hydrogen-bond donors (Lipinski definition) is 0. The Balaban J connectivity index is 0.00000184. The molecule has 0 saturated heterocycles. The zero-order valence-electron chi connectivity index (χ0n) is 31.3. The van der Waals surface area contributed by atoms with Crippen molar-refractivity contribution in [1.82, 2.24) is 19.5 Å². The van der Waals surface area contributed by atoms with Gasteiger partial charge in [0.15, 0.2) is 11.6 Å². The van der Waals surface area contributed by atoms with Gasteiger partial charge in [-0.3, -0.25) is 4.57 Å². The van der Waals surface area contributed by atoms with E-state index in [1.807, 2.05) is 61.6 Å². The molecule has 6 heteroatoms. The van der Waals surface area contributed by atoms with Gasteiger partial charge in [-0.25, -0.2) is 4.98 Å². The average Bonchev–Trinajstić information content (AvgIpc) is 3.96. The highest BCUT2D eigenvalue weighted by molar-refractivity contribution is 7.25. The normalized spacial score (nSPS) is 11.7. The molecule has 0 N–H and O–H groups in total. The maximum atomic E-state index is 6.33. The van der Waals surface area contributed by atoms with Crippen LogP contribution in [0, 0.1) is 0 Å². The van der Waals surface area contributed by atoms with Gasteiger partial charge in [0.1, 0.15) is 11.2 Å². The molecular formula is C51H34N4OS. The molecule has 0 bridgehead atoms. The molecule has 0 aliphatic carbocycles. The molecule has 8 aromatic carbocycles. The van der Waals surface area contributed by atoms with E-state index in [1.165, 1.54) is 36.3 Å². The largest absolute Gasteiger partial charge is 0.456 e. The predicted octanol–water partition coefficient (Wildman–Crippen LogP) is 14.4. The summed E-state index contributed by atoms with van der Waals surface area (Å²) in [5.74, 6) is 1.73. The Labute approximate surface area is 332 Å². The zero-order chi connectivity index (χ0) is 38.0. The molecule has 0 saturated carbocycles. The molecule has 12 rings (SSSR count). The summed E-state index contributed by atoms with van der Waals surface area (Å²) in [5, 5.41) is 9.38. The maximum absolute atomic E-state index is 6.33. The minimum absolute atomic E-state index is 0.554. The monoisotopic (exact) mass is 750 g/mol. The summed E-state index contributed by atoms with van der Waals surface area (Å²) in [7, 11) is 0. The second kappa shape index (κ2) is 13.3. The van der Waals surface area contributed by atoms with Crippen molar-refractivity contribution in [2.75, 3.05) is 0 Å². The molecule has 0 aliphatic heterocycles. The van der Waals surface area contributed by atoms with Crippen molar-refractivity contribution in [1.29, 1.82) is 0 Å². The van der Waals surface area contributed by atoms with Crippen LogP contribution < -0.4 is 0 Å². The van der Waals surface area contributed by atoms with Crippen LogP contribution >= 0.6 is 11.3 Å². The van der Waals surface area contributed by atoms with Gasteiger partial charge in [-0.15, -0.1) is 11.3 Å². The molecule has 57 heavy (non-hydrogen) atoms. The second-order valence-corrected chi connectivity index (χ2v) is 15.1. The molecule has 4 heterocycles. The van der Waals surface area contributed by atoms with Gasteiger partial charge in [0, 0.05) is 58.4 Å². The lowest BCUT2D eigenvalue weighted by molar-refractivity contribution is 0.669. The highest BCUT2D eigenvalue weighted by Gasteiger charge is 2.22. The zero-order valence-corrected chi connectivity index (χ0v) is 32.1. The standard InChI is InChI=1S/C49H28N4OS.C2H6/c1-2-12-30(13-3-1)47-50-48(32-21-24-36-35-15-6-8-19-41(35)54-42(36)28-32)52-49(51-47)53-40-25-22-29-11-4-5-14-33(29)45(40)38-18-10-17-34(46(38)53)31-23-26-44-39(27-31)37-16-7-9-20-43(37)55-44;1-2/h1-28H;1-2H3. The topological polar surface area (TPSA) is 56.7 Å². The van der Waals surface area contributed by atoms with Crippen molar-refractivity contribution in [3.05, 3.63) is 170 Å². The van der Waals surface area contributed by atoms with Crippen LogP contribution in [0.25, 0.3) is 115 Å². The number of fused-ring (bicyclic) bond motifs is 11. The molecule has 5 nitrogen and oxygen atoms in total. The summed E-state index contributed by atoms with van der Waals surface area (Å²) in [4.78, 5) is 15.7. The van der Waals surface area contributed by atoms with Crippen LogP contribution in [-0.4, -0.2) is 19.5 Å². The molecule has 0 spiro atoms. The first-order valence-corrected chi connectivity index (χ1v) is 20.2. The van der Waals surface area contributed by atoms with Crippen LogP contribution in [0.1, 0.15) is 13.8 Å². The van der Waals surface area contributed by atoms with E-state index in [1.54, 1.807) is 0 Å². The molecule has 0 fully saturated rings. The van der Waals surface area contributed by atoms with Gasteiger partial charge in [0.2, 0.25) is 5.95 Å². The highest BCUT2D eigenvalue weighted by atomic mass is 32.1. The van der Waals surface area contributed by atoms with E-state index in [0.717, 1.165) is 60.6 Å². The van der Waals surface area contributed by atoms with Crippen molar-refractivity contribution >= 4 is 86.0 Å². The SMILES string of the molecule is CC.c1ccc(-c2nc(-c3ccc4c(c3)oc3ccccc34)nc(-n3c4ccc5ccccc5c4c4cccc(-c5ccc6sc7ccccc7c6c5)c43)n2)cc1. The number of furan rings is 1. The Bertz CT molecular complexity index is 3500. The molecule has 270 valence electrons. The third-order valence-corrected chi connectivity index (χ3v) is 12.0. The molecule has 12 aromatic rings. The summed E-state index contributed by atoms with van der Waals surface area (Å²) in [6.45, 7) is 4.00. The lowest BCUT2D eigenvalue weighted by atomic mass is 9.98. The second-order valence-electron chi connectivity index (χ2n) is 14.0. The van der Waals surface area contributed by atoms with Crippen molar-refractivity contribution in [2.24, 2.45) is 0 Å². The Morgan fingerprint density at radius 1 is 0.456 bits per heavy atom. The van der Waals surface area contributed by atoms with Gasteiger partial charge in [0.05, 0.1) is 11.0 Å². The van der Waals surface area contributed by atoms with E-state index in [0.29, 0.717) is 17.6 Å². The number of benzene rings is 8. The van der Waals surface area contributed by atoms with E-state index >= 15 is 0 Å². The Morgan fingerprint density at radius 3 is 2.02 bits per heavy atom. The fourth-order valence-electron chi connectivity index (χ4n) is 8.35. The van der Waals surface area contributed by atoms with Crippen molar-refractivity contribution < 1.29 is 4.42 Å². The minimum Gasteiger partial charge on any atom is -0.456 e. The van der Waals surface area contributed by atoms with E-state index in [-0.39, 0.29) is 0 Å². The van der Waals surface area contributed by atoms with Gasteiger partial charge >= 0.3 is 0 Å². The number of nitrogens with zero attached hydrogens (tertiary/aromatic N) is 4. The maximum Gasteiger partial charge on any atom is 0.238 e. The summed E-state index contributed by atoms with van der Waals surface area (Å²) in [6.07, 6.45) is 0. The van der Waals surface area contributed by atoms with Crippen molar-refractivity contribution in [2.45, 2.75) is 13.8 Å². The lowest BCUT2D eigenvalue weighted by Gasteiger charge is -2.13. The Kier molecular flexibility index (Phi) is 7.72. The Hall–Kier alpha value is -7.15. The number of thiophene rings is 1. The number of aromatic nitrogens is 4. The minimum atomic E-state index is 0.554. The molecule has 0 radical (unpaired) electrons. The van der Waals surface area contributed by atoms with Crippen molar-refractivity contribution in [3.63, 3.8) is 0 Å². The number of hydrogen-bond acceptors (Lipinski definition) is 5. The number of para-hydroxylation sites is 2. The molecule has 0 aliphatic rings. The molecule has 0 atom stereocenters. The fourth-order valence-corrected chi connectivity index (χ4v) is 9.43. The molecule has 4 aromatic heterocycles. The lowest BCUT2D eigenvalue weighted by Crippen LogP contribution is -2.07. The van der Waals surface area contributed by atoms with Crippen LogP contribution in [0.3, 0.4) is 0 Å². The van der Waals surface area contributed by atoms with Gasteiger partial charge < -0.3 is 4.42 Å². The Morgan fingerprint density at radius 2 is 1.14 bits per heavy atom. The third-order valence-electron chi connectivity index (χ3n) is 10.9. The summed E-state index contributed by atoms with van der Waals surface area (Å²) in [6, 6.07) is 59.7. The van der Waals surface area contributed by atoms with Crippen molar-refractivity contribution in [3.8, 4) is 39.9 Å². The third kappa shape index (κ3) is 5.25. The van der Waals surface area contributed by atoms with Gasteiger partial charge in [-0.05, 0) is 58.8 Å². The fraction of sp³-hybridized carbons (Fsp3) is 0.0392. The molecular weight excluding hydrogens is 717 g/mol. The summed E-state index contributed by atoms with van der Waals surface area (Å²) in [5.41, 5.74) is 7.76. The van der Waals surface area contributed by atoms with E-state index in [4.69, 9.17) is 19.4 Å². The van der Waals surface area contributed by atoms with Gasteiger partial charge in [-0.2, -0.15) is 9.97 Å². The van der Waals surface area contributed by atoms with E-state index in [9.17, 15) is 0 Å². The van der Waals surface area contributed by atoms with E-state index in [2.05, 4.69) is 138 Å². The van der Waals surface area contributed by atoms with Crippen LogP contribution in [0.5, 0.6) is 0 Å². The predicted molar refractivity (Wildman–Crippen MR) is 239 cm³/mol. The molecule has 0 unspecified atom stereocenters. The number of rotatable bonds is 4. The van der Waals surface area contributed by atoms with E-state index < -0.39 is 0 Å². The summed E-state index contributed by atoms with van der Waals surface area (Å²) >= 11 is 1.84. The molecule has 0 amide bonds. The van der Waals surface area contributed by atoms with Crippen LogP contribution in [0.4, 0.5) is 0 Å². The highest BCUT2D eigenvalue weighted by Crippen LogP contribution is 2.43. The van der Waals surface area contributed by atoms with Gasteiger partial charge in [0.25, 0.3) is 0 Å². The first-order valence-electron chi connectivity index (χ1n) is 19.4. The van der Waals surface area contributed by atoms with Crippen LogP contribution in [0.2, 0.25) is 0 Å². The smallest absolute Gasteiger partial charge is 0.238 e. The van der Waals surface area contributed by atoms with Gasteiger partial charge in [-0.1, -0.05) is 141 Å². The first-order chi connectivity index (χ1) is 28.2. The quantitative estimate of drug-likeness (QED) is 0.180. The van der Waals surface area contributed by atoms with Crippen LogP contribution in [0.15, 0.2) is 174 Å².